The van der Waals surface area contributed by atoms with Crippen molar-refractivity contribution in [3.8, 4) is 0 Å². The molecule has 0 aliphatic rings. The summed E-state index contributed by atoms with van der Waals surface area (Å²) in [5.41, 5.74) is -0.501. The minimum absolute atomic E-state index is 0.110. The third kappa shape index (κ3) is 1.75. The summed E-state index contributed by atoms with van der Waals surface area (Å²) in [5.74, 6) is -1.06. The summed E-state index contributed by atoms with van der Waals surface area (Å²) in [5, 5.41) is 8.87. The van der Waals surface area contributed by atoms with Crippen LogP contribution >= 0.6 is 11.6 Å². The van der Waals surface area contributed by atoms with Crippen LogP contribution in [0.3, 0.4) is 0 Å². The number of aliphatic carboxylic acids is 1. The number of aromatic amines is 1. The van der Waals surface area contributed by atoms with Gasteiger partial charge in [-0.3, -0.25) is 4.57 Å². The highest BCUT2D eigenvalue weighted by Crippen LogP contribution is 2.15. The van der Waals surface area contributed by atoms with Gasteiger partial charge >= 0.3 is 11.7 Å². The van der Waals surface area contributed by atoms with Gasteiger partial charge in [0, 0.05) is 6.20 Å². The van der Waals surface area contributed by atoms with Crippen molar-refractivity contribution in [1.82, 2.24) is 9.55 Å². The number of nitrogens with one attached hydrogen (secondary N) is 1. The first-order valence-electron chi connectivity index (χ1n) is 3.76. The molecular weight excluding hydrogens is 196 g/mol. The molecular formula is C7H9ClN2O3. The zero-order valence-electron chi connectivity index (χ0n) is 6.95. The van der Waals surface area contributed by atoms with E-state index in [0.29, 0.717) is 6.42 Å². The second-order valence-electron chi connectivity index (χ2n) is 2.55. The molecule has 72 valence electrons. The molecule has 1 rings (SSSR count). The first kappa shape index (κ1) is 9.85. The standard InChI is InChI=1S/C7H9ClN2O3/c1-2-4(6(11)12)10-5(8)3-9-7(10)13/h3-4H,2H2,1H3,(H,9,13)(H,11,12). The van der Waals surface area contributed by atoms with Crippen molar-refractivity contribution in [1.29, 1.82) is 0 Å². The molecule has 1 heterocycles. The summed E-state index contributed by atoms with van der Waals surface area (Å²) in [6.07, 6.45) is 1.59. The second-order valence-corrected chi connectivity index (χ2v) is 2.94. The number of hydrogen-bond acceptors (Lipinski definition) is 2. The number of H-pyrrole nitrogens is 1. The van der Waals surface area contributed by atoms with Gasteiger partial charge in [0.2, 0.25) is 0 Å². The third-order valence-electron chi connectivity index (χ3n) is 1.75. The number of carboxylic acids is 1. The fourth-order valence-corrected chi connectivity index (χ4v) is 1.36. The van der Waals surface area contributed by atoms with Gasteiger partial charge in [-0.15, -0.1) is 0 Å². The molecule has 1 unspecified atom stereocenters. The Hall–Kier alpha value is -1.23. The highest BCUT2D eigenvalue weighted by molar-refractivity contribution is 6.29. The van der Waals surface area contributed by atoms with Crippen LogP contribution in [0.15, 0.2) is 11.0 Å². The Morgan fingerprint density at radius 2 is 2.46 bits per heavy atom. The van der Waals surface area contributed by atoms with Gasteiger partial charge in [-0.05, 0) is 6.42 Å². The minimum atomic E-state index is -1.06. The molecule has 0 aliphatic heterocycles. The quantitative estimate of drug-likeness (QED) is 0.767. The summed E-state index contributed by atoms with van der Waals surface area (Å²) < 4.78 is 1.02. The molecule has 0 radical (unpaired) electrons. The van der Waals surface area contributed by atoms with Gasteiger partial charge in [0.05, 0.1) is 0 Å². The molecule has 0 spiro atoms. The molecule has 2 N–H and O–H groups in total. The SMILES string of the molecule is CCC(C(=O)O)n1c(Cl)c[nH]c1=O. The lowest BCUT2D eigenvalue weighted by atomic mass is 10.2. The molecule has 13 heavy (non-hydrogen) atoms. The van der Waals surface area contributed by atoms with Crippen LogP contribution in [0.5, 0.6) is 0 Å². The second kappa shape index (κ2) is 3.66. The van der Waals surface area contributed by atoms with Crippen LogP contribution in [-0.2, 0) is 4.79 Å². The molecule has 0 amide bonds. The molecule has 1 aromatic rings. The fourth-order valence-electron chi connectivity index (χ4n) is 1.12. The van der Waals surface area contributed by atoms with Crippen LogP contribution in [0.25, 0.3) is 0 Å². The maximum atomic E-state index is 11.1. The van der Waals surface area contributed by atoms with Crippen LogP contribution in [0, 0.1) is 0 Å². The average Bonchev–Trinajstić information content (AvgIpc) is 2.36. The van der Waals surface area contributed by atoms with Crippen LogP contribution in [0.1, 0.15) is 19.4 Å². The zero-order valence-corrected chi connectivity index (χ0v) is 7.71. The van der Waals surface area contributed by atoms with Crippen LogP contribution in [-0.4, -0.2) is 20.6 Å². The Bertz CT molecular complexity index is 368. The van der Waals surface area contributed by atoms with Gasteiger partial charge in [0.25, 0.3) is 0 Å². The van der Waals surface area contributed by atoms with E-state index in [1.54, 1.807) is 6.92 Å². The third-order valence-corrected chi connectivity index (χ3v) is 2.04. The highest BCUT2D eigenvalue weighted by atomic mass is 35.5. The number of carboxylic acid groups (broad SMARTS) is 1. The van der Waals surface area contributed by atoms with E-state index in [-0.39, 0.29) is 5.15 Å². The predicted molar refractivity (Wildman–Crippen MR) is 47.0 cm³/mol. The number of aromatic nitrogens is 2. The first-order valence-corrected chi connectivity index (χ1v) is 4.14. The van der Waals surface area contributed by atoms with Crippen LogP contribution in [0.4, 0.5) is 0 Å². The maximum Gasteiger partial charge on any atom is 0.327 e. The van der Waals surface area contributed by atoms with Gasteiger partial charge in [-0.2, -0.15) is 0 Å². The van der Waals surface area contributed by atoms with Gasteiger partial charge in [0.1, 0.15) is 11.2 Å². The van der Waals surface area contributed by atoms with Crippen molar-refractivity contribution in [2.24, 2.45) is 0 Å². The van der Waals surface area contributed by atoms with Crippen molar-refractivity contribution >= 4 is 17.6 Å². The lowest BCUT2D eigenvalue weighted by Crippen LogP contribution is -2.27. The number of carbonyl (C=O) groups is 1. The van der Waals surface area contributed by atoms with E-state index in [9.17, 15) is 9.59 Å². The Balaban J connectivity index is 3.18. The summed E-state index contributed by atoms with van der Waals surface area (Å²) in [4.78, 5) is 24.1. The Labute approximate surface area is 79.0 Å². The normalized spacial score (nSPS) is 12.8. The number of imidazole rings is 1. The van der Waals surface area contributed by atoms with Crippen molar-refractivity contribution in [3.05, 3.63) is 21.8 Å². The van der Waals surface area contributed by atoms with E-state index >= 15 is 0 Å². The first-order chi connectivity index (χ1) is 6.07. The average molecular weight is 205 g/mol. The monoisotopic (exact) mass is 204 g/mol. The molecule has 0 saturated heterocycles. The molecule has 5 nitrogen and oxygen atoms in total. The molecule has 0 saturated carbocycles. The van der Waals surface area contributed by atoms with E-state index in [1.807, 2.05) is 0 Å². The van der Waals surface area contributed by atoms with Crippen LogP contribution in [0.2, 0.25) is 5.15 Å². The lowest BCUT2D eigenvalue weighted by molar-refractivity contribution is -0.141. The van der Waals surface area contributed by atoms with Gasteiger partial charge in [-0.25, -0.2) is 9.59 Å². The molecule has 0 fully saturated rings. The Morgan fingerprint density at radius 3 is 2.77 bits per heavy atom. The van der Waals surface area contributed by atoms with Crippen molar-refractivity contribution in [3.63, 3.8) is 0 Å². The van der Waals surface area contributed by atoms with Gasteiger partial charge in [-0.1, -0.05) is 18.5 Å². The zero-order chi connectivity index (χ0) is 10.0. The number of nitrogens with zero attached hydrogens (tertiary/aromatic N) is 1. The summed E-state index contributed by atoms with van der Waals surface area (Å²) in [6.45, 7) is 1.68. The van der Waals surface area contributed by atoms with Gasteiger partial charge in [0.15, 0.2) is 0 Å². The summed E-state index contributed by atoms with van der Waals surface area (Å²) in [6, 6.07) is -0.897. The topological polar surface area (TPSA) is 75.1 Å². The predicted octanol–water partition coefficient (Wildman–Crippen LogP) is 0.865. The largest absolute Gasteiger partial charge is 0.480 e. The van der Waals surface area contributed by atoms with E-state index in [4.69, 9.17) is 16.7 Å². The van der Waals surface area contributed by atoms with E-state index in [1.165, 1.54) is 6.20 Å². The van der Waals surface area contributed by atoms with Crippen molar-refractivity contribution < 1.29 is 9.90 Å². The molecule has 0 aliphatic carbocycles. The molecule has 1 atom stereocenters. The van der Waals surface area contributed by atoms with E-state index in [0.717, 1.165) is 4.57 Å². The van der Waals surface area contributed by atoms with Gasteiger partial charge < -0.3 is 10.1 Å². The number of rotatable bonds is 3. The smallest absolute Gasteiger partial charge is 0.327 e. The fraction of sp³-hybridized carbons (Fsp3) is 0.429. The Morgan fingerprint density at radius 1 is 1.85 bits per heavy atom. The van der Waals surface area contributed by atoms with E-state index in [2.05, 4.69) is 4.98 Å². The number of halogens is 1. The highest BCUT2D eigenvalue weighted by Gasteiger charge is 2.21. The molecule has 0 bridgehead atoms. The lowest BCUT2D eigenvalue weighted by Gasteiger charge is -2.10. The van der Waals surface area contributed by atoms with E-state index < -0.39 is 17.7 Å². The molecule has 1 aromatic heterocycles. The van der Waals surface area contributed by atoms with Crippen molar-refractivity contribution in [2.45, 2.75) is 19.4 Å². The summed E-state index contributed by atoms with van der Waals surface area (Å²) in [7, 11) is 0. The minimum Gasteiger partial charge on any atom is -0.480 e. The number of hydrogen-bond donors (Lipinski definition) is 2. The summed E-state index contributed by atoms with van der Waals surface area (Å²) >= 11 is 5.63. The maximum absolute atomic E-state index is 11.1. The van der Waals surface area contributed by atoms with Crippen molar-refractivity contribution in [2.75, 3.05) is 0 Å². The molecule has 0 aromatic carbocycles. The Kier molecular flexibility index (Phi) is 2.77. The molecule has 6 heteroatoms. The van der Waals surface area contributed by atoms with Crippen LogP contribution < -0.4 is 5.69 Å².